The highest BCUT2D eigenvalue weighted by atomic mass is 16.6. The smallest absolute Gasteiger partial charge is 0.312 e. The second-order valence-electron chi connectivity index (χ2n) is 28.0. The summed E-state index contributed by atoms with van der Waals surface area (Å²) in [6, 6.07) is 0. The number of esters is 8. The molecule has 4 saturated heterocycles. The number of rotatable bonds is 12. The number of carbonyl (C=O) groups is 8. The van der Waals surface area contributed by atoms with Gasteiger partial charge < -0.3 is 37.9 Å². The Morgan fingerprint density at radius 3 is 1.47 bits per heavy atom. The van der Waals surface area contributed by atoms with Gasteiger partial charge in [-0.15, -0.1) is 0 Å². The molecule has 20 atom stereocenters. The first kappa shape index (κ1) is 76.8. The molecular formula is C67H118O16. The lowest BCUT2D eigenvalue weighted by atomic mass is 9.79. The lowest BCUT2D eigenvalue weighted by molar-refractivity contribution is -0.188. The molecule has 0 aromatic rings. The largest absolute Gasteiger partial charge is 0.458 e. The van der Waals surface area contributed by atoms with Crippen LogP contribution < -0.4 is 0 Å². The number of hydrogen-bond donors (Lipinski definition) is 0. The first-order valence-corrected chi connectivity index (χ1v) is 28.5. The maximum atomic E-state index is 12.3. The van der Waals surface area contributed by atoms with Crippen molar-refractivity contribution in [3.05, 3.63) is 0 Å². The Hall–Kier alpha value is -4.24. The molecule has 482 valence electrons. The minimum Gasteiger partial charge on any atom is -0.458 e. The Kier molecular flexibility index (Phi) is 24.0. The average Bonchev–Trinajstić information content (AvgIpc) is 4.24. The first-order valence-electron chi connectivity index (χ1n) is 28.5. The molecule has 16 nitrogen and oxygen atoms in total. The maximum absolute atomic E-state index is 12.3. The third kappa shape index (κ3) is 12.4. The van der Waals surface area contributed by atoms with Crippen molar-refractivity contribution in [1.82, 2.24) is 0 Å². The van der Waals surface area contributed by atoms with E-state index in [1.54, 1.807) is 0 Å². The van der Waals surface area contributed by atoms with Crippen LogP contribution in [0.2, 0.25) is 0 Å². The molecule has 4 aliphatic heterocycles. The Bertz CT molecular complexity index is 2340. The van der Waals surface area contributed by atoms with Crippen LogP contribution in [0, 0.1) is 92.2 Å². The van der Waals surface area contributed by atoms with Crippen LogP contribution in [0.3, 0.4) is 0 Å². The average molecular weight is 1180 g/mol. The zero-order valence-corrected chi connectivity index (χ0v) is 47.3. The van der Waals surface area contributed by atoms with E-state index < -0.39 is 32.9 Å². The zero-order chi connectivity index (χ0) is 55.1. The van der Waals surface area contributed by atoms with Gasteiger partial charge in [0, 0.05) is 46.8 Å². The van der Waals surface area contributed by atoms with Crippen LogP contribution in [0.15, 0.2) is 0 Å². The maximum Gasteiger partial charge on any atom is 0.312 e. The van der Waals surface area contributed by atoms with Crippen LogP contribution in [0.5, 0.6) is 0 Å². The molecule has 0 aromatic carbocycles. The van der Waals surface area contributed by atoms with E-state index in [4.69, 9.17) is 37.9 Å². The molecule has 4 heterocycles. The number of hydrogen-bond acceptors (Lipinski definition) is 16. The van der Waals surface area contributed by atoms with E-state index in [0.717, 1.165) is 77.0 Å². The first-order chi connectivity index (χ1) is 34.8. The summed E-state index contributed by atoms with van der Waals surface area (Å²) in [6.45, 7) is 29.1. The van der Waals surface area contributed by atoms with Crippen molar-refractivity contribution in [2.45, 2.75) is 288 Å². The van der Waals surface area contributed by atoms with Crippen LogP contribution in [0.25, 0.3) is 0 Å². The van der Waals surface area contributed by atoms with Crippen molar-refractivity contribution in [3.63, 3.8) is 0 Å². The molecule has 12 fully saturated rings. The van der Waals surface area contributed by atoms with Gasteiger partial charge in [-0.05, 0) is 146 Å². The van der Waals surface area contributed by atoms with Crippen molar-refractivity contribution < 1.29 is 76.3 Å². The second kappa shape index (κ2) is 26.0. The van der Waals surface area contributed by atoms with E-state index in [9.17, 15) is 38.4 Å². The lowest BCUT2D eigenvalue weighted by Gasteiger charge is -2.38. The van der Waals surface area contributed by atoms with Crippen molar-refractivity contribution in [1.29, 1.82) is 0 Å². The Morgan fingerprint density at radius 2 is 0.928 bits per heavy atom. The van der Waals surface area contributed by atoms with Gasteiger partial charge in [0.25, 0.3) is 0 Å². The van der Waals surface area contributed by atoms with E-state index in [-0.39, 0.29) is 197 Å². The zero-order valence-electron chi connectivity index (χ0n) is 47.3. The Labute approximate surface area is 502 Å². The van der Waals surface area contributed by atoms with E-state index >= 15 is 0 Å². The van der Waals surface area contributed by atoms with Crippen LogP contribution in [-0.4, -0.2) is 95.6 Å². The molecule has 8 saturated carbocycles. The molecule has 83 heavy (non-hydrogen) atoms. The fraction of sp³-hybridized carbons (Fsp3) is 0.881. The predicted octanol–water partition coefficient (Wildman–Crippen LogP) is 13.9. The molecule has 8 aliphatic carbocycles. The molecule has 12 rings (SSSR count). The van der Waals surface area contributed by atoms with Gasteiger partial charge >= 0.3 is 47.8 Å². The van der Waals surface area contributed by atoms with Crippen molar-refractivity contribution in [3.8, 4) is 0 Å². The normalized spacial score (nSPS) is 38.8. The van der Waals surface area contributed by atoms with E-state index in [1.165, 1.54) is 0 Å². The van der Waals surface area contributed by atoms with Crippen LogP contribution in [-0.2, 0) is 76.3 Å². The van der Waals surface area contributed by atoms with Crippen LogP contribution in [0.4, 0.5) is 0 Å². The minimum atomic E-state index is -0.614. The van der Waals surface area contributed by atoms with Gasteiger partial charge in [-0.25, -0.2) is 0 Å². The summed E-state index contributed by atoms with van der Waals surface area (Å²) in [5, 5.41) is 0. The summed E-state index contributed by atoms with van der Waals surface area (Å²) in [4.78, 5) is 95.9. The van der Waals surface area contributed by atoms with Crippen LogP contribution >= 0.6 is 0 Å². The summed E-state index contributed by atoms with van der Waals surface area (Å²) in [6.07, 6.45) is 8.79. The van der Waals surface area contributed by atoms with Gasteiger partial charge in [0.05, 0.1) is 45.3 Å². The molecule has 0 aromatic heterocycles. The standard InChI is InChI=1S/3C15H22O4.C14H20O4.8CH4/c1-5-14(2,3)13(17)19-11-10-8-6-15(11,4)7-9(8)12(16)18-10;1-5-14(2,3)13(17)19-15(4)8-6-9-10(7-8)12(16)18-11(9)15;1-5-14(2,3)13(17)18-11-8-6-9-10(7-8)15(11,4)19-12(9)16;1-4-14(2,3)13(16)18-10-7-5-8-9(6-7)12(15)17-11(8)10;;;;;;;;/h3*8-11H,5-7H2,1-4H3;7-11H,4-6H2,1-3H3;8*1H4. The third-order valence-corrected chi connectivity index (χ3v) is 21.9. The molecule has 0 amide bonds. The third-order valence-electron chi connectivity index (χ3n) is 21.9. The van der Waals surface area contributed by atoms with Crippen molar-refractivity contribution in [2.24, 2.45) is 92.2 Å². The number of fused-ring (bicyclic) bond motifs is 4. The molecule has 20 unspecified atom stereocenters. The Balaban J connectivity index is 0.000000536. The van der Waals surface area contributed by atoms with Crippen LogP contribution in [0.1, 0.15) is 240 Å². The minimum absolute atomic E-state index is 0. The fourth-order valence-corrected chi connectivity index (χ4v) is 15.2. The van der Waals surface area contributed by atoms with Crippen molar-refractivity contribution >= 4 is 47.8 Å². The highest BCUT2D eigenvalue weighted by Crippen LogP contribution is 2.64. The lowest BCUT2D eigenvalue weighted by Crippen LogP contribution is -2.49. The number of carbonyl (C=O) groups excluding carboxylic acids is 8. The fourth-order valence-electron chi connectivity index (χ4n) is 15.2. The SMILES string of the molecule is C.C.C.C.C.C.C.C.CCC(C)(C)C(=O)OC1(C)C2CC3C(=O)OC1C3C2.CCC(C)(C)C(=O)OC1C2CC3C(=O)OC1(C)C3C2.CCC(C)(C)C(=O)OC1C2CC3C(=O)OC1C3C2.CCC(C)(C)C(=O)OC1C2OC(=O)C3CC1(C)CC32. The van der Waals surface area contributed by atoms with Gasteiger partial charge in [0.2, 0.25) is 0 Å². The molecule has 0 N–H and O–H groups in total. The number of ether oxygens (including phenoxy) is 8. The van der Waals surface area contributed by atoms with E-state index in [0.29, 0.717) is 17.8 Å². The Morgan fingerprint density at radius 1 is 0.470 bits per heavy atom. The van der Waals surface area contributed by atoms with E-state index in [2.05, 4.69) is 6.92 Å². The van der Waals surface area contributed by atoms with Gasteiger partial charge in [-0.3, -0.25) is 38.4 Å². The summed E-state index contributed by atoms with van der Waals surface area (Å²) in [7, 11) is 0. The van der Waals surface area contributed by atoms with Gasteiger partial charge in [0.1, 0.15) is 47.8 Å². The predicted molar refractivity (Wildman–Crippen MR) is 322 cm³/mol. The molecule has 0 spiro atoms. The molecule has 16 heteroatoms. The summed E-state index contributed by atoms with van der Waals surface area (Å²) in [5.74, 6) is 1.14. The van der Waals surface area contributed by atoms with Gasteiger partial charge in [-0.1, -0.05) is 94.0 Å². The topological polar surface area (TPSA) is 210 Å². The van der Waals surface area contributed by atoms with Gasteiger partial charge in [-0.2, -0.15) is 0 Å². The summed E-state index contributed by atoms with van der Waals surface area (Å²) >= 11 is 0. The highest BCUT2D eigenvalue weighted by Gasteiger charge is 2.72. The molecular weight excluding hydrogens is 1060 g/mol. The molecule has 12 aliphatic rings. The quantitative estimate of drug-likeness (QED) is 0.131. The van der Waals surface area contributed by atoms with Gasteiger partial charge in [0.15, 0.2) is 0 Å². The van der Waals surface area contributed by atoms with Crippen molar-refractivity contribution in [2.75, 3.05) is 0 Å². The molecule has 0 radical (unpaired) electrons. The van der Waals surface area contributed by atoms with E-state index in [1.807, 2.05) is 96.9 Å². The summed E-state index contributed by atoms with van der Waals surface area (Å²) < 4.78 is 44.9. The molecule has 8 bridgehead atoms. The monoisotopic (exact) mass is 1180 g/mol. The summed E-state index contributed by atoms with van der Waals surface area (Å²) in [5.41, 5.74) is -3.15. The highest BCUT2D eigenvalue weighted by molar-refractivity contribution is 5.82. The second-order valence-corrected chi connectivity index (χ2v) is 28.0.